The van der Waals surface area contributed by atoms with Crippen molar-refractivity contribution in [1.82, 2.24) is 10.2 Å². The molecule has 0 aromatic carbocycles. The number of hydrogen-bond donors (Lipinski definition) is 1. The molecule has 2 amide bonds. The summed E-state index contributed by atoms with van der Waals surface area (Å²) < 4.78 is 11.0. The number of cyclic esters (lactones) is 1. The van der Waals surface area contributed by atoms with Crippen LogP contribution in [0.15, 0.2) is 0 Å². The third kappa shape index (κ3) is 2.49. The summed E-state index contributed by atoms with van der Waals surface area (Å²) >= 11 is 0. The Bertz CT molecular complexity index is 400. The van der Waals surface area contributed by atoms with Crippen LogP contribution in [0.25, 0.3) is 0 Å². The average Bonchev–Trinajstić information content (AvgIpc) is 2.78. The van der Waals surface area contributed by atoms with Crippen LogP contribution in [0.3, 0.4) is 0 Å². The second-order valence-electron chi connectivity index (χ2n) is 6.08. The molecule has 0 radical (unpaired) electrons. The number of hydrogen-bond acceptors (Lipinski definition) is 4. The molecule has 1 spiro atoms. The van der Waals surface area contributed by atoms with E-state index in [2.05, 4.69) is 5.32 Å². The first-order chi connectivity index (χ1) is 9.60. The highest BCUT2D eigenvalue weighted by Gasteiger charge is 2.44. The van der Waals surface area contributed by atoms with Gasteiger partial charge in [-0.2, -0.15) is 0 Å². The zero-order valence-electron chi connectivity index (χ0n) is 11.9. The Balaban J connectivity index is 1.67. The molecule has 6 heteroatoms. The minimum atomic E-state index is -0.554. The molecule has 6 nitrogen and oxygen atoms in total. The van der Waals surface area contributed by atoms with Gasteiger partial charge in [-0.25, -0.2) is 4.79 Å². The summed E-state index contributed by atoms with van der Waals surface area (Å²) in [6.07, 6.45) is 4.74. The molecule has 20 heavy (non-hydrogen) atoms. The monoisotopic (exact) mass is 282 g/mol. The topological polar surface area (TPSA) is 67.9 Å². The molecule has 2 atom stereocenters. The second kappa shape index (κ2) is 5.24. The van der Waals surface area contributed by atoms with Crippen LogP contribution >= 0.6 is 0 Å². The summed E-state index contributed by atoms with van der Waals surface area (Å²) in [6.45, 7) is 3.57. The number of carbonyl (C=O) groups excluding carboxylic acids is 2. The summed E-state index contributed by atoms with van der Waals surface area (Å²) in [4.78, 5) is 25.6. The highest BCUT2D eigenvalue weighted by atomic mass is 16.6. The number of carbonyl (C=O) groups is 2. The highest BCUT2D eigenvalue weighted by molar-refractivity contribution is 5.88. The Morgan fingerprint density at radius 1 is 1.35 bits per heavy atom. The lowest BCUT2D eigenvalue weighted by molar-refractivity contribution is -0.158. The van der Waals surface area contributed by atoms with Crippen molar-refractivity contribution in [2.45, 2.75) is 56.8 Å². The molecule has 1 aliphatic carbocycles. The molecular weight excluding hydrogens is 260 g/mol. The van der Waals surface area contributed by atoms with Gasteiger partial charge in [0, 0.05) is 13.1 Å². The van der Waals surface area contributed by atoms with Gasteiger partial charge in [0.1, 0.15) is 12.1 Å². The van der Waals surface area contributed by atoms with Gasteiger partial charge >= 0.3 is 6.09 Å². The summed E-state index contributed by atoms with van der Waals surface area (Å²) in [7, 11) is 0. The van der Waals surface area contributed by atoms with Crippen LogP contribution < -0.4 is 5.32 Å². The molecule has 0 aromatic heterocycles. The fourth-order valence-corrected chi connectivity index (χ4v) is 3.51. The molecule has 0 bridgehead atoms. The van der Waals surface area contributed by atoms with Crippen LogP contribution in [0.1, 0.15) is 39.0 Å². The molecule has 1 saturated carbocycles. The summed E-state index contributed by atoms with van der Waals surface area (Å²) in [5.74, 6) is -0.0448. The van der Waals surface area contributed by atoms with Crippen molar-refractivity contribution in [3.63, 3.8) is 0 Å². The Morgan fingerprint density at radius 3 is 2.75 bits per heavy atom. The van der Waals surface area contributed by atoms with Crippen molar-refractivity contribution >= 4 is 12.0 Å². The van der Waals surface area contributed by atoms with E-state index in [9.17, 15) is 9.59 Å². The molecule has 1 N–H and O–H groups in total. The van der Waals surface area contributed by atoms with E-state index in [0.29, 0.717) is 19.7 Å². The molecule has 112 valence electrons. The number of morpholine rings is 1. The molecule has 2 heterocycles. The van der Waals surface area contributed by atoms with Gasteiger partial charge in [0.15, 0.2) is 0 Å². The zero-order valence-corrected chi connectivity index (χ0v) is 11.9. The van der Waals surface area contributed by atoms with Gasteiger partial charge in [0.2, 0.25) is 5.91 Å². The van der Waals surface area contributed by atoms with Gasteiger partial charge in [-0.05, 0) is 19.8 Å². The van der Waals surface area contributed by atoms with Gasteiger partial charge in [-0.1, -0.05) is 19.3 Å². The van der Waals surface area contributed by atoms with Gasteiger partial charge < -0.3 is 19.7 Å². The predicted octanol–water partition coefficient (Wildman–Crippen LogP) is 1.04. The van der Waals surface area contributed by atoms with Crippen molar-refractivity contribution in [1.29, 1.82) is 0 Å². The largest absolute Gasteiger partial charge is 0.444 e. The van der Waals surface area contributed by atoms with E-state index in [1.54, 1.807) is 6.92 Å². The number of alkyl carbamates (subject to hydrolysis) is 1. The van der Waals surface area contributed by atoms with Crippen molar-refractivity contribution in [3.05, 3.63) is 0 Å². The number of nitrogens with one attached hydrogen (secondary N) is 1. The second-order valence-corrected chi connectivity index (χ2v) is 6.08. The van der Waals surface area contributed by atoms with Crippen LogP contribution in [0.4, 0.5) is 4.79 Å². The average molecular weight is 282 g/mol. The molecule has 3 aliphatic rings. The standard InChI is InChI=1S/C14H22N2O4/c1-10-11(15-13(18)20-10)12(17)16-7-8-19-14(9-16)5-3-2-4-6-14/h10-11H,2-9H2,1H3,(H,15,18)/t10-,11+/m0/s1. The van der Waals surface area contributed by atoms with Crippen molar-refractivity contribution in [2.24, 2.45) is 0 Å². The Morgan fingerprint density at radius 2 is 2.10 bits per heavy atom. The number of nitrogens with zero attached hydrogens (tertiary/aromatic N) is 1. The third-order valence-corrected chi connectivity index (χ3v) is 4.63. The normalized spacial score (nSPS) is 32.9. The maximum Gasteiger partial charge on any atom is 0.408 e. The number of rotatable bonds is 1. The quantitative estimate of drug-likeness (QED) is 0.780. The van der Waals surface area contributed by atoms with E-state index in [1.807, 2.05) is 4.90 Å². The first kappa shape index (κ1) is 13.7. The van der Waals surface area contributed by atoms with E-state index in [1.165, 1.54) is 19.3 Å². The zero-order chi connectivity index (χ0) is 14.2. The van der Waals surface area contributed by atoms with Gasteiger partial charge in [0.25, 0.3) is 0 Å². The van der Waals surface area contributed by atoms with Crippen LogP contribution in [-0.2, 0) is 14.3 Å². The Kier molecular flexibility index (Phi) is 3.58. The smallest absolute Gasteiger partial charge is 0.408 e. The van der Waals surface area contributed by atoms with Crippen LogP contribution in [-0.4, -0.2) is 54.3 Å². The Hall–Kier alpha value is -1.30. The van der Waals surface area contributed by atoms with Crippen molar-refractivity contribution in [2.75, 3.05) is 19.7 Å². The van der Waals surface area contributed by atoms with E-state index in [-0.39, 0.29) is 11.5 Å². The van der Waals surface area contributed by atoms with E-state index in [0.717, 1.165) is 12.8 Å². The third-order valence-electron chi connectivity index (χ3n) is 4.63. The number of ether oxygens (including phenoxy) is 2. The molecule has 3 fully saturated rings. The minimum Gasteiger partial charge on any atom is -0.444 e. The highest BCUT2D eigenvalue weighted by Crippen LogP contribution is 2.34. The Labute approximate surface area is 118 Å². The molecule has 2 saturated heterocycles. The van der Waals surface area contributed by atoms with Crippen LogP contribution in [0.5, 0.6) is 0 Å². The van der Waals surface area contributed by atoms with Crippen molar-refractivity contribution in [3.8, 4) is 0 Å². The van der Waals surface area contributed by atoms with E-state index < -0.39 is 18.2 Å². The lowest BCUT2D eigenvalue weighted by Crippen LogP contribution is -2.58. The summed E-state index contributed by atoms with van der Waals surface area (Å²) in [6, 6.07) is -0.554. The molecule has 0 aromatic rings. The maximum atomic E-state index is 12.6. The fraction of sp³-hybridized carbons (Fsp3) is 0.857. The van der Waals surface area contributed by atoms with E-state index >= 15 is 0 Å². The minimum absolute atomic E-state index is 0.0448. The first-order valence-corrected chi connectivity index (χ1v) is 7.50. The lowest BCUT2D eigenvalue weighted by Gasteiger charge is -2.45. The van der Waals surface area contributed by atoms with Gasteiger partial charge in [-0.15, -0.1) is 0 Å². The molecular formula is C14H22N2O4. The SMILES string of the molecule is C[C@@H]1OC(=O)N[C@H]1C(=O)N1CCOC2(CCCCC2)C1. The number of amides is 2. The van der Waals surface area contributed by atoms with E-state index in [4.69, 9.17) is 9.47 Å². The predicted molar refractivity (Wildman–Crippen MR) is 71.2 cm³/mol. The molecule has 3 rings (SSSR count). The van der Waals surface area contributed by atoms with Crippen molar-refractivity contribution < 1.29 is 19.1 Å². The van der Waals surface area contributed by atoms with Gasteiger partial charge in [-0.3, -0.25) is 4.79 Å². The van der Waals surface area contributed by atoms with Crippen LogP contribution in [0, 0.1) is 0 Å². The van der Waals surface area contributed by atoms with Gasteiger partial charge in [0.05, 0.1) is 12.2 Å². The lowest BCUT2D eigenvalue weighted by atomic mass is 9.83. The summed E-state index contributed by atoms with van der Waals surface area (Å²) in [5.41, 5.74) is -0.154. The first-order valence-electron chi connectivity index (χ1n) is 7.50. The maximum absolute atomic E-state index is 12.6. The molecule has 0 unspecified atom stereocenters. The molecule has 2 aliphatic heterocycles. The summed E-state index contributed by atoms with van der Waals surface area (Å²) in [5, 5.41) is 2.60. The van der Waals surface area contributed by atoms with Crippen LogP contribution in [0.2, 0.25) is 0 Å². The fourth-order valence-electron chi connectivity index (χ4n) is 3.51.